The third kappa shape index (κ3) is 4.02. The number of carbonyl (C=O) groups is 2. The van der Waals surface area contributed by atoms with E-state index in [1.54, 1.807) is 0 Å². The van der Waals surface area contributed by atoms with Crippen LogP contribution in [0.1, 0.15) is 27.4 Å². The van der Waals surface area contributed by atoms with E-state index in [0.29, 0.717) is 0 Å². The summed E-state index contributed by atoms with van der Waals surface area (Å²) < 4.78 is 29.0. The number of ether oxygens (including phenoxy) is 1. The maximum atomic E-state index is 12.5. The number of sulfone groups is 1. The largest absolute Gasteiger partial charge is 0.478 e. The molecule has 3 aromatic rings. The van der Waals surface area contributed by atoms with Gasteiger partial charge in [0.15, 0.2) is 9.84 Å². The summed E-state index contributed by atoms with van der Waals surface area (Å²) in [6.07, 6.45) is 0.134. The van der Waals surface area contributed by atoms with Gasteiger partial charge in [0, 0.05) is 12.2 Å². The molecular weight excluding hydrogens is 418 g/mol. The molecular formula is C23H19NO6S. The van der Waals surface area contributed by atoms with Gasteiger partial charge in [0.2, 0.25) is 0 Å². The summed E-state index contributed by atoms with van der Waals surface area (Å²) in [6, 6.07) is 19.2. The molecule has 0 bridgehead atoms. The van der Waals surface area contributed by atoms with E-state index >= 15 is 0 Å². The van der Waals surface area contributed by atoms with Crippen LogP contribution < -0.4 is 5.32 Å². The Morgan fingerprint density at radius 1 is 0.968 bits per heavy atom. The predicted octanol–water partition coefficient (Wildman–Crippen LogP) is 4.15. The summed E-state index contributed by atoms with van der Waals surface area (Å²) in [4.78, 5) is 23.8. The van der Waals surface area contributed by atoms with Crippen LogP contribution in [0.4, 0.5) is 10.5 Å². The summed E-state index contributed by atoms with van der Waals surface area (Å²) in [5.41, 5.74) is 3.87. The molecule has 158 valence electrons. The number of nitrogens with one attached hydrogen (secondary N) is 1. The molecule has 0 saturated heterocycles. The fourth-order valence-electron chi connectivity index (χ4n) is 3.79. The average Bonchev–Trinajstić information content (AvgIpc) is 3.05. The third-order valence-electron chi connectivity index (χ3n) is 5.23. The first-order chi connectivity index (χ1) is 14.8. The molecule has 0 radical (unpaired) electrons. The standard InChI is InChI=1S/C23H19NO6S/c1-31(28,29)14-10-11-19(22(25)26)21(12-14)24-23(27)30-13-20-17-8-4-2-6-15(17)16-7-3-5-9-18(16)20/h2-12,20H,13H2,1H3,(H,24,27)(H,25,26). The van der Waals surface area contributed by atoms with E-state index in [4.69, 9.17) is 4.74 Å². The van der Waals surface area contributed by atoms with Crippen molar-refractivity contribution in [3.05, 3.63) is 83.4 Å². The zero-order chi connectivity index (χ0) is 22.2. The number of fused-ring (bicyclic) bond motifs is 3. The van der Waals surface area contributed by atoms with Crippen molar-refractivity contribution < 1.29 is 27.9 Å². The second kappa shape index (κ2) is 7.88. The van der Waals surface area contributed by atoms with Crippen LogP contribution >= 0.6 is 0 Å². The minimum absolute atomic E-state index is 0.0496. The van der Waals surface area contributed by atoms with Gasteiger partial charge in [-0.2, -0.15) is 0 Å². The highest BCUT2D eigenvalue weighted by atomic mass is 32.2. The maximum absolute atomic E-state index is 12.5. The van der Waals surface area contributed by atoms with Gasteiger partial charge in [0.25, 0.3) is 0 Å². The molecule has 0 atom stereocenters. The molecule has 1 aliphatic rings. The van der Waals surface area contributed by atoms with Crippen molar-refractivity contribution >= 4 is 27.6 Å². The lowest BCUT2D eigenvalue weighted by atomic mass is 9.98. The number of carbonyl (C=O) groups excluding carboxylic acids is 1. The first kappa shape index (κ1) is 20.6. The quantitative estimate of drug-likeness (QED) is 0.621. The molecule has 1 amide bonds. The highest BCUT2D eigenvalue weighted by Gasteiger charge is 2.29. The van der Waals surface area contributed by atoms with Crippen LogP contribution in [0.3, 0.4) is 0 Å². The summed E-state index contributed by atoms with van der Waals surface area (Å²) in [5.74, 6) is -1.45. The fourth-order valence-corrected chi connectivity index (χ4v) is 4.44. The van der Waals surface area contributed by atoms with Crippen LogP contribution in [0.15, 0.2) is 71.6 Å². The Morgan fingerprint density at radius 2 is 1.55 bits per heavy atom. The van der Waals surface area contributed by atoms with Crippen LogP contribution in [0.25, 0.3) is 11.1 Å². The molecule has 7 nitrogen and oxygen atoms in total. The van der Waals surface area contributed by atoms with Crippen molar-refractivity contribution in [2.45, 2.75) is 10.8 Å². The Kier molecular flexibility index (Phi) is 5.24. The van der Waals surface area contributed by atoms with Crippen molar-refractivity contribution in [2.75, 3.05) is 18.2 Å². The Balaban J connectivity index is 1.55. The molecule has 0 spiro atoms. The van der Waals surface area contributed by atoms with Crippen LogP contribution in [0, 0.1) is 0 Å². The first-order valence-corrected chi connectivity index (χ1v) is 11.3. The van der Waals surface area contributed by atoms with Crippen molar-refractivity contribution in [1.82, 2.24) is 0 Å². The molecule has 0 saturated carbocycles. The number of amides is 1. The SMILES string of the molecule is CS(=O)(=O)c1ccc(C(=O)O)c(NC(=O)OCC2c3ccccc3-c3ccccc32)c1. The van der Waals surface area contributed by atoms with E-state index < -0.39 is 21.9 Å². The van der Waals surface area contributed by atoms with E-state index in [2.05, 4.69) is 5.32 Å². The number of anilines is 1. The lowest BCUT2D eigenvalue weighted by molar-refractivity contribution is 0.0698. The Bertz CT molecular complexity index is 1250. The van der Waals surface area contributed by atoms with E-state index in [0.717, 1.165) is 40.6 Å². The molecule has 2 N–H and O–H groups in total. The summed E-state index contributed by atoms with van der Waals surface area (Å²) in [5, 5.41) is 11.7. The number of carboxylic acids is 1. The van der Waals surface area contributed by atoms with Crippen LogP contribution in [-0.4, -0.2) is 38.4 Å². The van der Waals surface area contributed by atoms with Gasteiger partial charge in [0.1, 0.15) is 6.61 Å². The molecule has 0 heterocycles. The zero-order valence-electron chi connectivity index (χ0n) is 16.5. The van der Waals surface area contributed by atoms with Gasteiger partial charge in [-0.15, -0.1) is 0 Å². The lowest BCUT2D eigenvalue weighted by Gasteiger charge is -2.15. The smallest absolute Gasteiger partial charge is 0.411 e. The maximum Gasteiger partial charge on any atom is 0.411 e. The number of carboxylic acid groups (broad SMARTS) is 1. The van der Waals surface area contributed by atoms with Gasteiger partial charge >= 0.3 is 12.1 Å². The van der Waals surface area contributed by atoms with Crippen molar-refractivity contribution in [1.29, 1.82) is 0 Å². The van der Waals surface area contributed by atoms with Gasteiger partial charge in [-0.3, -0.25) is 5.32 Å². The predicted molar refractivity (Wildman–Crippen MR) is 115 cm³/mol. The summed E-state index contributed by atoms with van der Waals surface area (Å²) >= 11 is 0. The van der Waals surface area contributed by atoms with Crippen LogP contribution in [0.2, 0.25) is 0 Å². The van der Waals surface area contributed by atoms with Crippen LogP contribution in [0.5, 0.6) is 0 Å². The van der Waals surface area contributed by atoms with E-state index in [-0.39, 0.29) is 28.7 Å². The van der Waals surface area contributed by atoms with Gasteiger partial charge in [-0.05, 0) is 40.5 Å². The Hall–Kier alpha value is -3.65. The van der Waals surface area contributed by atoms with Gasteiger partial charge < -0.3 is 9.84 Å². The molecule has 0 unspecified atom stereocenters. The number of benzene rings is 3. The summed E-state index contributed by atoms with van der Waals surface area (Å²) in [7, 11) is -3.58. The Morgan fingerprint density at radius 3 is 2.10 bits per heavy atom. The van der Waals surface area contributed by atoms with Crippen molar-refractivity contribution in [3.63, 3.8) is 0 Å². The average molecular weight is 437 g/mol. The van der Waals surface area contributed by atoms with Crippen LogP contribution in [-0.2, 0) is 14.6 Å². The summed E-state index contributed by atoms with van der Waals surface area (Å²) in [6.45, 7) is 0.0496. The normalized spacial score (nSPS) is 12.7. The topological polar surface area (TPSA) is 110 Å². The lowest BCUT2D eigenvalue weighted by Crippen LogP contribution is -2.19. The van der Waals surface area contributed by atoms with Gasteiger partial charge in [-0.1, -0.05) is 48.5 Å². The van der Waals surface area contributed by atoms with Crippen molar-refractivity contribution in [3.8, 4) is 11.1 Å². The molecule has 0 aliphatic heterocycles. The zero-order valence-corrected chi connectivity index (χ0v) is 17.3. The van der Waals surface area contributed by atoms with Gasteiger partial charge in [0.05, 0.1) is 16.1 Å². The molecule has 0 aromatic heterocycles. The monoisotopic (exact) mass is 437 g/mol. The second-order valence-corrected chi connectivity index (χ2v) is 9.25. The second-order valence-electron chi connectivity index (χ2n) is 7.24. The number of hydrogen-bond acceptors (Lipinski definition) is 5. The Labute approximate surface area is 179 Å². The van der Waals surface area contributed by atoms with E-state index in [1.807, 2.05) is 48.5 Å². The molecule has 31 heavy (non-hydrogen) atoms. The molecule has 8 heteroatoms. The number of aromatic carboxylic acids is 1. The van der Waals surface area contributed by atoms with Gasteiger partial charge in [-0.25, -0.2) is 18.0 Å². The number of rotatable bonds is 5. The number of hydrogen-bond donors (Lipinski definition) is 2. The van der Waals surface area contributed by atoms with Crippen molar-refractivity contribution in [2.24, 2.45) is 0 Å². The third-order valence-corrected chi connectivity index (χ3v) is 6.34. The van der Waals surface area contributed by atoms with E-state index in [9.17, 15) is 23.1 Å². The molecule has 4 rings (SSSR count). The molecule has 1 aliphatic carbocycles. The minimum Gasteiger partial charge on any atom is -0.478 e. The molecule has 0 fully saturated rings. The highest BCUT2D eigenvalue weighted by Crippen LogP contribution is 2.44. The van der Waals surface area contributed by atoms with E-state index in [1.165, 1.54) is 6.07 Å². The fraction of sp³-hybridized carbons (Fsp3) is 0.130. The first-order valence-electron chi connectivity index (χ1n) is 9.45. The minimum atomic E-state index is -3.58. The molecule has 3 aromatic carbocycles. The highest BCUT2D eigenvalue weighted by molar-refractivity contribution is 7.90.